The second-order valence-electron chi connectivity index (χ2n) is 9.14. The van der Waals surface area contributed by atoms with Crippen molar-refractivity contribution in [1.82, 2.24) is 4.72 Å². The van der Waals surface area contributed by atoms with Gasteiger partial charge in [-0.3, -0.25) is 10.1 Å². The molecule has 0 radical (unpaired) electrons. The van der Waals surface area contributed by atoms with Gasteiger partial charge in [0.1, 0.15) is 0 Å². The standard InChI is InChI=1S/C24H26ClN3O4S/c25-22-11-9-16(28(29)30)13-21(22)24-19-8-4-7-18(19)20-14-17(10-12-23(20)26-24)33(31,32)27-15-5-2-1-3-6-15/h4,7,9-15,18-19,24,26-27H,1-3,5-6,8H2. The van der Waals surface area contributed by atoms with E-state index in [2.05, 4.69) is 22.2 Å². The van der Waals surface area contributed by atoms with Crippen LogP contribution in [0.1, 0.15) is 61.6 Å². The van der Waals surface area contributed by atoms with Crippen molar-refractivity contribution in [3.05, 3.63) is 74.8 Å². The molecule has 7 nitrogen and oxygen atoms in total. The maximum atomic E-state index is 13.1. The summed E-state index contributed by atoms with van der Waals surface area (Å²) in [5.74, 6) is 0.0904. The van der Waals surface area contributed by atoms with Crippen molar-refractivity contribution in [2.24, 2.45) is 5.92 Å². The number of halogens is 1. The van der Waals surface area contributed by atoms with E-state index in [1.807, 2.05) is 0 Å². The Morgan fingerprint density at radius 2 is 1.85 bits per heavy atom. The van der Waals surface area contributed by atoms with E-state index in [-0.39, 0.29) is 34.5 Å². The van der Waals surface area contributed by atoms with E-state index >= 15 is 0 Å². The van der Waals surface area contributed by atoms with Crippen molar-refractivity contribution in [2.45, 2.75) is 61.4 Å². The number of rotatable bonds is 5. The molecule has 2 aromatic rings. The largest absolute Gasteiger partial charge is 0.378 e. The van der Waals surface area contributed by atoms with Crippen LogP contribution in [0.15, 0.2) is 53.4 Å². The average molecular weight is 488 g/mol. The molecule has 3 aliphatic rings. The minimum absolute atomic E-state index is 0.000249. The number of nitrogens with zero attached hydrogens (tertiary/aromatic N) is 1. The van der Waals surface area contributed by atoms with E-state index < -0.39 is 14.9 Å². The second-order valence-corrected chi connectivity index (χ2v) is 11.3. The Morgan fingerprint density at radius 1 is 1.06 bits per heavy atom. The highest BCUT2D eigenvalue weighted by molar-refractivity contribution is 7.89. The fourth-order valence-electron chi connectivity index (χ4n) is 5.44. The van der Waals surface area contributed by atoms with Crippen molar-refractivity contribution in [3.8, 4) is 0 Å². The molecule has 33 heavy (non-hydrogen) atoms. The summed E-state index contributed by atoms with van der Waals surface area (Å²) in [6, 6.07) is 9.48. The van der Waals surface area contributed by atoms with Gasteiger partial charge in [0.15, 0.2) is 0 Å². The van der Waals surface area contributed by atoms with Crippen LogP contribution >= 0.6 is 11.6 Å². The molecule has 0 saturated heterocycles. The molecule has 1 aliphatic heterocycles. The molecule has 2 aromatic carbocycles. The Morgan fingerprint density at radius 3 is 2.61 bits per heavy atom. The molecule has 1 heterocycles. The van der Waals surface area contributed by atoms with Crippen molar-refractivity contribution in [2.75, 3.05) is 5.32 Å². The lowest BCUT2D eigenvalue weighted by atomic mass is 9.77. The van der Waals surface area contributed by atoms with Gasteiger partial charge in [0.25, 0.3) is 5.69 Å². The number of benzene rings is 2. The maximum absolute atomic E-state index is 13.1. The van der Waals surface area contributed by atoms with Gasteiger partial charge in [0, 0.05) is 40.4 Å². The van der Waals surface area contributed by atoms with Gasteiger partial charge < -0.3 is 5.32 Å². The highest BCUT2D eigenvalue weighted by Crippen LogP contribution is 2.51. The normalized spacial score (nSPS) is 24.7. The highest BCUT2D eigenvalue weighted by Gasteiger charge is 2.39. The summed E-state index contributed by atoms with van der Waals surface area (Å²) in [5, 5.41) is 15.3. The second kappa shape index (κ2) is 8.74. The molecule has 2 aliphatic carbocycles. The summed E-state index contributed by atoms with van der Waals surface area (Å²) in [4.78, 5) is 11.2. The zero-order valence-corrected chi connectivity index (χ0v) is 19.6. The first-order valence-corrected chi connectivity index (χ1v) is 13.2. The van der Waals surface area contributed by atoms with Crippen molar-refractivity contribution in [3.63, 3.8) is 0 Å². The molecule has 9 heteroatoms. The first-order valence-electron chi connectivity index (χ1n) is 11.4. The summed E-state index contributed by atoms with van der Waals surface area (Å²) in [5.41, 5.74) is 2.44. The third-order valence-electron chi connectivity index (χ3n) is 7.10. The molecule has 3 unspecified atom stereocenters. The molecular formula is C24H26ClN3O4S. The number of sulfonamides is 1. The summed E-state index contributed by atoms with van der Waals surface area (Å²) < 4.78 is 29.0. The number of fused-ring (bicyclic) bond motifs is 3. The van der Waals surface area contributed by atoms with Gasteiger partial charge in [-0.05, 0) is 55.0 Å². The van der Waals surface area contributed by atoms with Gasteiger partial charge in [0.2, 0.25) is 10.0 Å². The molecule has 3 atom stereocenters. The van der Waals surface area contributed by atoms with Crippen LogP contribution < -0.4 is 10.0 Å². The van der Waals surface area contributed by atoms with Crippen LogP contribution in [-0.4, -0.2) is 19.4 Å². The van der Waals surface area contributed by atoms with Crippen LogP contribution in [-0.2, 0) is 10.0 Å². The number of anilines is 1. The van der Waals surface area contributed by atoms with Crippen LogP contribution in [0.4, 0.5) is 11.4 Å². The third kappa shape index (κ3) is 4.27. The number of nitrogens with one attached hydrogen (secondary N) is 2. The fraction of sp³-hybridized carbons (Fsp3) is 0.417. The molecule has 1 saturated carbocycles. The summed E-state index contributed by atoms with van der Waals surface area (Å²) >= 11 is 6.46. The number of allylic oxidation sites excluding steroid dienone is 2. The molecule has 0 bridgehead atoms. The number of hydrogen-bond acceptors (Lipinski definition) is 5. The number of nitro benzene ring substituents is 1. The lowest BCUT2D eigenvalue weighted by molar-refractivity contribution is -0.384. The molecule has 0 amide bonds. The van der Waals surface area contributed by atoms with E-state index in [1.54, 1.807) is 24.3 Å². The Balaban J connectivity index is 1.48. The zero-order chi connectivity index (χ0) is 23.2. The van der Waals surface area contributed by atoms with Crippen molar-refractivity contribution >= 4 is 33.0 Å². The smallest absolute Gasteiger partial charge is 0.269 e. The molecular weight excluding hydrogens is 462 g/mol. The van der Waals surface area contributed by atoms with E-state index in [0.717, 1.165) is 49.8 Å². The molecule has 174 valence electrons. The lowest BCUT2D eigenvalue weighted by Gasteiger charge is -2.38. The van der Waals surface area contributed by atoms with Crippen molar-refractivity contribution in [1.29, 1.82) is 0 Å². The highest BCUT2D eigenvalue weighted by atomic mass is 35.5. The molecule has 2 N–H and O–H groups in total. The van der Waals surface area contributed by atoms with E-state index in [4.69, 9.17) is 11.6 Å². The van der Waals surface area contributed by atoms with Gasteiger partial charge in [-0.15, -0.1) is 0 Å². The number of nitro groups is 1. The Kier molecular flexibility index (Phi) is 5.93. The van der Waals surface area contributed by atoms with E-state index in [1.165, 1.54) is 12.1 Å². The Hall–Kier alpha value is -2.42. The quantitative estimate of drug-likeness (QED) is 0.320. The summed E-state index contributed by atoms with van der Waals surface area (Å²) in [6.45, 7) is 0. The first-order chi connectivity index (χ1) is 15.8. The van der Waals surface area contributed by atoms with Gasteiger partial charge in [-0.2, -0.15) is 0 Å². The van der Waals surface area contributed by atoms with Crippen LogP contribution in [0.2, 0.25) is 5.02 Å². The van der Waals surface area contributed by atoms with Gasteiger partial charge in [0.05, 0.1) is 15.9 Å². The summed E-state index contributed by atoms with van der Waals surface area (Å²) in [7, 11) is -3.61. The Labute approximate surface area is 198 Å². The van der Waals surface area contributed by atoms with Gasteiger partial charge in [-0.25, -0.2) is 13.1 Å². The van der Waals surface area contributed by atoms with E-state index in [9.17, 15) is 18.5 Å². The number of hydrogen-bond donors (Lipinski definition) is 2. The van der Waals surface area contributed by atoms with Crippen LogP contribution in [0.25, 0.3) is 0 Å². The predicted octanol–water partition coefficient (Wildman–Crippen LogP) is 5.69. The molecule has 5 rings (SSSR count). The van der Waals surface area contributed by atoms with Gasteiger partial charge in [-0.1, -0.05) is 43.0 Å². The van der Waals surface area contributed by atoms with Crippen molar-refractivity contribution < 1.29 is 13.3 Å². The van der Waals surface area contributed by atoms with E-state index in [0.29, 0.717) is 10.6 Å². The average Bonchev–Trinajstić information content (AvgIpc) is 3.29. The third-order valence-corrected chi connectivity index (χ3v) is 8.96. The topological polar surface area (TPSA) is 101 Å². The molecule has 0 aromatic heterocycles. The van der Waals surface area contributed by atoms with Crippen LogP contribution in [0, 0.1) is 16.0 Å². The fourth-order valence-corrected chi connectivity index (χ4v) is 7.01. The van der Waals surface area contributed by atoms with Crippen LogP contribution in [0.5, 0.6) is 0 Å². The SMILES string of the molecule is O=[N+]([O-])c1ccc(Cl)c(C2Nc3ccc(S(=O)(=O)NC4CCCCC4)cc3C3C=CCC32)c1. The minimum Gasteiger partial charge on any atom is -0.378 e. The molecule has 0 spiro atoms. The number of non-ortho nitro benzene ring substituents is 1. The monoisotopic (exact) mass is 487 g/mol. The maximum Gasteiger partial charge on any atom is 0.269 e. The first kappa shape index (κ1) is 22.4. The van der Waals surface area contributed by atoms with Crippen LogP contribution in [0.3, 0.4) is 0 Å². The molecule has 1 fully saturated rings. The lowest BCUT2D eigenvalue weighted by Crippen LogP contribution is -2.36. The Bertz CT molecular complexity index is 1220. The van der Waals surface area contributed by atoms with Gasteiger partial charge >= 0.3 is 0 Å². The zero-order valence-electron chi connectivity index (χ0n) is 18.0. The minimum atomic E-state index is -3.61. The predicted molar refractivity (Wildman–Crippen MR) is 128 cm³/mol. The summed E-state index contributed by atoms with van der Waals surface area (Å²) in [6.07, 6.45) is 10.00.